The van der Waals surface area contributed by atoms with Gasteiger partial charge in [-0.05, 0) is 49.6 Å². The summed E-state index contributed by atoms with van der Waals surface area (Å²) in [6, 6.07) is 5.24. The number of aromatic hydroxyl groups is 1. The van der Waals surface area contributed by atoms with Crippen LogP contribution in [0.4, 0.5) is 0 Å². The molecule has 0 spiro atoms. The molecule has 1 aromatic carbocycles. The third-order valence-corrected chi connectivity index (χ3v) is 2.45. The van der Waals surface area contributed by atoms with Crippen LogP contribution in [0.3, 0.4) is 0 Å². The van der Waals surface area contributed by atoms with Crippen molar-refractivity contribution >= 4 is 12.0 Å². The number of benzene rings is 1. The fourth-order valence-electron chi connectivity index (χ4n) is 1.42. The number of phenolic OH excluding ortho intramolecular Hbond substituents is 1. The van der Waals surface area contributed by atoms with E-state index in [1.54, 1.807) is 18.2 Å². The SMILES string of the molecule is COC(=O)/C=C\c1ccc(O)c(CC=C(C)C)c1. The quantitative estimate of drug-likeness (QED) is 0.504. The molecule has 1 rings (SSSR count). The van der Waals surface area contributed by atoms with E-state index in [1.807, 2.05) is 26.0 Å². The van der Waals surface area contributed by atoms with Gasteiger partial charge in [-0.25, -0.2) is 4.79 Å². The van der Waals surface area contributed by atoms with E-state index < -0.39 is 5.97 Å². The predicted molar refractivity (Wildman–Crippen MR) is 72.3 cm³/mol. The van der Waals surface area contributed by atoms with Crippen molar-refractivity contribution in [2.75, 3.05) is 7.11 Å². The van der Waals surface area contributed by atoms with Crippen molar-refractivity contribution in [3.63, 3.8) is 0 Å². The molecule has 0 aromatic heterocycles. The maximum absolute atomic E-state index is 11.0. The lowest BCUT2D eigenvalue weighted by Crippen LogP contribution is -1.93. The average molecular weight is 246 g/mol. The van der Waals surface area contributed by atoms with Crippen LogP contribution in [0.1, 0.15) is 25.0 Å². The first-order chi connectivity index (χ1) is 8.52. The number of allylic oxidation sites excluding steroid dienone is 2. The highest BCUT2D eigenvalue weighted by Gasteiger charge is 2.00. The van der Waals surface area contributed by atoms with Gasteiger partial charge >= 0.3 is 5.97 Å². The van der Waals surface area contributed by atoms with E-state index in [9.17, 15) is 9.90 Å². The molecule has 0 aliphatic carbocycles. The normalized spacial score (nSPS) is 10.4. The van der Waals surface area contributed by atoms with Gasteiger partial charge in [0.25, 0.3) is 0 Å². The molecule has 18 heavy (non-hydrogen) atoms. The zero-order valence-electron chi connectivity index (χ0n) is 10.9. The van der Waals surface area contributed by atoms with E-state index in [0.717, 1.165) is 11.1 Å². The van der Waals surface area contributed by atoms with Crippen molar-refractivity contribution in [2.45, 2.75) is 20.3 Å². The van der Waals surface area contributed by atoms with Crippen LogP contribution >= 0.6 is 0 Å². The van der Waals surface area contributed by atoms with Crippen LogP contribution in [-0.2, 0) is 16.0 Å². The Morgan fingerprint density at radius 2 is 2.11 bits per heavy atom. The Hall–Kier alpha value is -2.03. The molecule has 0 aliphatic rings. The van der Waals surface area contributed by atoms with Crippen LogP contribution < -0.4 is 0 Å². The van der Waals surface area contributed by atoms with Gasteiger partial charge < -0.3 is 9.84 Å². The van der Waals surface area contributed by atoms with Crippen molar-refractivity contribution in [1.82, 2.24) is 0 Å². The minimum Gasteiger partial charge on any atom is -0.508 e. The second-order valence-corrected chi connectivity index (χ2v) is 4.23. The Kier molecular flexibility index (Phi) is 5.18. The maximum Gasteiger partial charge on any atom is 0.330 e. The maximum atomic E-state index is 11.0. The van der Waals surface area contributed by atoms with E-state index in [4.69, 9.17) is 0 Å². The second-order valence-electron chi connectivity index (χ2n) is 4.23. The Morgan fingerprint density at radius 1 is 1.39 bits per heavy atom. The lowest BCUT2D eigenvalue weighted by atomic mass is 10.1. The lowest BCUT2D eigenvalue weighted by molar-refractivity contribution is -0.134. The molecule has 1 N–H and O–H groups in total. The highest BCUT2D eigenvalue weighted by Crippen LogP contribution is 2.20. The van der Waals surface area contributed by atoms with Crippen LogP contribution in [0.25, 0.3) is 6.08 Å². The number of hydrogen-bond acceptors (Lipinski definition) is 3. The molecule has 0 atom stereocenters. The Balaban J connectivity index is 2.90. The molecule has 3 nitrogen and oxygen atoms in total. The third kappa shape index (κ3) is 4.45. The summed E-state index contributed by atoms with van der Waals surface area (Å²) in [5.74, 6) is -0.128. The standard InChI is InChI=1S/C15H18O3/c1-11(2)4-7-13-10-12(5-8-14(13)16)6-9-15(17)18-3/h4-6,8-10,16H,7H2,1-3H3/b9-6-. The Labute approximate surface area is 107 Å². The molecular formula is C15H18O3. The van der Waals surface area contributed by atoms with Gasteiger partial charge in [-0.2, -0.15) is 0 Å². The summed E-state index contributed by atoms with van der Waals surface area (Å²) in [6.07, 6.45) is 5.74. The monoisotopic (exact) mass is 246 g/mol. The van der Waals surface area contributed by atoms with Gasteiger partial charge in [0.2, 0.25) is 0 Å². The average Bonchev–Trinajstić information content (AvgIpc) is 2.35. The largest absolute Gasteiger partial charge is 0.508 e. The van der Waals surface area contributed by atoms with Gasteiger partial charge in [-0.15, -0.1) is 0 Å². The lowest BCUT2D eigenvalue weighted by Gasteiger charge is -2.03. The zero-order valence-corrected chi connectivity index (χ0v) is 10.9. The highest BCUT2D eigenvalue weighted by atomic mass is 16.5. The van der Waals surface area contributed by atoms with Crippen LogP contribution in [0.2, 0.25) is 0 Å². The fourth-order valence-corrected chi connectivity index (χ4v) is 1.42. The summed E-state index contributed by atoms with van der Waals surface area (Å²) in [5, 5.41) is 9.73. The molecule has 96 valence electrons. The zero-order chi connectivity index (χ0) is 13.5. The van der Waals surface area contributed by atoms with E-state index in [-0.39, 0.29) is 5.75 Å². The number of phenols is 1. The first-order valence-corrected chi connectivity index (χ1v) is 5.74. The first kappa shape index (κ1) is 14.0. The molecule has 0 heterocycles. The van der Waals surface area contributed by atoms with E-state index >= 15 is 0 Å². The molecule has 0 fully saturated rings. The van der Waals surface area contributed by atoms with E-state index in [1.165, 1.54) is 18.8 Å². The van der Waals surface area contributed by atoms with Crippen LogP contribution in [0, 0.1) is 0 Å². The summed E-state index contributed by atoms with van der Waals surface area (Å²) >= 11 is 0. The molecular weight excluding hydrogens is 228 g/mol. The summed E-state index contributed by atoms with van der Waals surface area (Å²) in [5.41, 5.74) is 2.89. The van der Waals surface area contributed by atoms with Gasteiger partial charge in [-0.1, -0.05) is 17.7 Å². The minimum absolute atomic E-state index is 0.266. The van der Waals surface area contributed by atoms with E-state index in [0.29, 0.717) is 6.42 Å². The summed E-state index contributed by atoms with van der Waals surface area (Å²) < 4.78 is 4.52. The molecule has 0 aliphatic heterocycles. The Morgan fingerprint density at radius 3 is 2.72 bits per heavy atom. The second kappa shape index (κ2) is 6.64. The van der Waals surface area contributed by atoms with Gasteiger partial charge in [-0.3, -0.25) is 0 Å². The smallest absolute Gasteiger partial charge is 0.330 e. The van der Waals surface area contributed by atoms with Crippen molar-refractivity contribution in [1.29, 1.82) is 0 Å². The molecule has 0 radical (unpaired) electrons. The molecule has 0 amide bonds. The van der Waals surface area contributed by atoms with Crippen molar-refractivity contribution in [3.05, 3.63) is 47.1 Å². The molecule has 0 saturated heterocycles. The van der Waals surface area contributed by atoms with Crippen LogP contribution in [-0.4, -0.2) is 18.2 Å². The van der Waals surface area contributed by atoms with Crippen LogP contribution in [0.15, 0.2) is 35.9 Å². The molecule has 3 heteroatoms. The molecule has 0 saturated carbocycles. The minimum atomic E-state index is -0.395. The topological polar surface area (TPSA) is 46.5 Å². The Bertz CT molecular complexity index is 481. The number of rotatable bonds is 4. The highest BCUT2D eigenvalue weighted by molar-refractivity contribution is 5.86. The molecule has 0 unspecified atom stereocenters. The number of carbonyl (C=O) groups excluding carboxylic acids is 1. The fraction of sp³-hybridized carbons (Fsp3) is 0.267. The van der Waals surface area contributed by atoms with Crippen molar-refractivity contribution in [3.8, 4) is 5.75 Å². The number of carbonyl (C=O) groups is 1. The van der Waals surface area contributed by atoms with Crippen molar-refractivity contribution < 1.29 is 14.6 Å². The van der Waals surface area contributed by atoms with Gasteiger partial charge in [0.15, 0.2) is 0 Å². The van der Waals surface area contributed by atoms with Gasteiger partial charge in [0.1, 0.15) is 5.75 Å². The van der Waals surface area contributed by atoms with E-state index in [2.05, 4.69) is 4.74 Å². The molecule has 1 aromatic rings. The summed E-state index contributed by atoms with van der Waals surface area (Å²) in [7, 11) is 1.34. The third-order valence-electron chi connectivity index (χ3n) is 2.45. The van der Waals surface area contributed by atoms with Gasteiger partial charge in [0, 0.05) is 6.08 Å². The molecule has 0 bridgehead atoms. The van der Waals surface area contributed by atoms with Crippen molar-refractivity contribution in [2.24, 2.45) is 0 Å². The first-order valence-electron chi connectivity index (χ1n) is 5.74. The number of hydrogen-bond donors (Lipinski definition) is 1. The number of methoxy groups -OCH3 is 1. The number of ether oxygens (including phenoxy) is 1. The van der Waals surface area contributed by atoms with Crippen LogP contribution in [0.5, 0.6) is 5.75 Å². The predicted octanol–water partition coefficient (Wildman–Crippen LogP) is 3.09. The summed E-state index contributed by atoms with van der Waals surface area (Å²) in [4.78, 5) is 11.0. The number of esters is 1. The van der Waals surface area contributed by atoms with Gasteiger partial charge in [0.05, 0.1) is 7.11 Å². The summed E-state index contributed by atoms with van der Waals surface area (Å²) in [6.45, 7) is 4.02.